The highest BCUT2D eigenvalue weighted by Gasteiger charge is 2.25. The fourth-order valence-corrected chi connectivity index (χ4v) is 3.04. The Balaban J connectivity index is 2.27. The van der Waals surface area contributed by atoms with E-state index in [2.05, 4.69) is 6.58 Å². The highest BCUT2D eigenvalue weighted by molar-refractivity contribution is 6.05. The van der Waals surface area contributed by atoms with Crippen LogP contribution in [0.25, 0.3) is 0 Å². The lowest BCUT2D eigenvalue weighted by Gasteiger charge is -2.18. The first-order valence-corrected chi connectivity index (χ1v) is 10.2. The van der Waals surface area contributed by atoms with Crippen molar-refractivity contribution in [1.29, 1.82) is 0 Å². The lowest BCUT2D eigenvalue weighted by molar-refractivity contribution is -0.133. The first kappa shape index (κ1) is 28.7. The van der Waals surface area contributed by atoms with Crippen LogP contribution in [-0.2, 0) is 14.3 Å². The van der Waals surface area contributed by atoms with Crippen molar-refractivity contribution in [1.82, 2.24) is 0 Å². The van der Waals surface area contributed by atoms with Crippen LogP contribution >= 0.6 is 0 Å². The van der Waals surface area contributed by atoms with E-state index in [0.717, 1.165) is 36.4 Å². The van der Waals surface area contributed by atoms with E-state index in [1.807, 2.05) is 0 Å². The molecule has 0 fully saturated rings. The molecule has 0 amide bonds. The van der Waals surface area contributed by atoms with Crippen LogP contribution in [0.4, 0.5) is 0 Å². The number of carboxylic acids is 5. The predicted octanol–water partition coefficient (Wildman–Crippen LogP) is 1.89. The second-order valence-corrected chi connectivity index (χ2v) is 7.48. The van der Waals surface area contributed by atoms with Gasteiger partial charge in [-0.15, -0.1) is 0 Å². The van der Waals surface area contributed by atoms with Crippen molar-refractivity contribution >= 4 is 41.8 Å². The molecule has 0 aliphatic carbocycles. The fraction of sp³-hybridized carbons (Fsp3) is 0.125. The lowest BCUT2D eigenvalue weighted by atomic mass is 10.0. The molecule has 0 saturated heterocycles. The number of carbonyl (C=O) groups excluding carboxylic acids is 2. The van der Waals surface area contributed by atoms with Gasteiger partial charge in [0.15, 0.2) is 0 Å². The standard InChI is InChI=1S/C24H18O14/c1-10(18(25)26)6-13(38-24(36)12-3-5-15(20(29)30)17(8-12)22(33)34)9-37-23(35)11-2-4-14(19(27)28)16(7-11)21(31)32/h2-5,7-8,13H,1,6,9H2,(H,25,26)(H,27,28)(H,29,30)(H,31,32)(H,33,34). The van der Waals surface area contributed by atoms with Crippen molar-refractivity contribution in [3.05, 3.63) is 81.9 Å². The molecular formula is C24H18O14. The summed E-state index contributed by atoms with van der Waals surface area (Å²) in [5, 5.41) is 45.7. The Hall–Kier alpha value is -5.53. The van der Waals surface area contributed by atoms with Gasteiger partial charge in [-0.2, -0.15) is 0 Å². The Morgan fingerprint density at radius 3 is 1.47 bits per heavy atom. The molecule has 0 bridgehead atoms. The maximum Gasteiger partial charge on any atom is 0.338 e. The summed E-state index contributed by atoms with van der Waals surface area (Å²) < 4.78 is 10.1. The molecule has 14 heteroatoms. The summed E-state index contributed by atoms with van der Waals surface area (Å²) in [4.78, 5) is 81.3. The van der Waals surface area contributed by atoms with Crippen LogP contribution < -0.4 is 0 Å². The van der Waals surface area contributed by atoms with Crippen molar-refractivity contribution in [3.63, 3.8) is 0 Å². The molecule has 0 aliphatic rings. The molecule has 0 aliphatic heterocycles. The molecule has 14 nitrogen and oxygen atoms in total. The van der Waals surface area contributed by atoms with Gasteiger partial charge in [0.05, 0.1) is 33.4 Å². The number of esters is 2. The van der Waals surface area contributed by atoms with E-state index in [-0.39, 0.29) is 5.56 Å². The molecule has 0 spiro atoms. The van der Waals surface area contributed by atoms with E-state index < -0.39 is 94.3 Å². The number of rotatable bonds is 12. The minimum Gasteiger partial charge on any atom is -0.478 e. The minimum absolute atomic E-state index is 0.370. The molecule has 2 rings (SSSR count). The summed E-state index contributed by atoms with van der Waals surface area (Å²) in [5.74, 6) is -10.2. The highest BCUT2D eigenvalue weighted by Crippen LogP contribution is 2.18. The summed E-state index contributed by atoms with van der Waals surface area (Å²) in [6.45, 7) is 2.52. The Kier molecular flexibility index (Phi) is 9.02. The van der Waals surface area contributed by atoms with Crippen LogP contribution in [0.5, 0.6) is 0 Å². The Morgan fingerprint density at radius 1 is 0.658 bits per heavy atom. The van der Waals surface area contributed by atoms with Gasteiger partial charge in [0.25, 0.3) is 0 Å². The zero-order valence-electron chi connectivity index (χ0n) is 19.1. The minimum atomic E-state index is -1.64. The van der Waals surface area contributed by atoms with Gasteiger partial charge in [-0.25, -0.2) is 33.6 Å². The van der Waals surface area contributed by atoms with Crippen LogP contribution in [0.15, 0.2) is 48.6 Å². The molecule has 0 aromatic heterocycles. The summed E-state index contributed by atoms with van der Waals surface area (Å²) in [7, 11) is 0. The molecule has 0 radical (unpaired) electrons. The van der Waals surface area contributed by atoms with Gasteiger partial charge in [-0.1, -0.05) is 6.58 Å². The van der Waals surface area contributed by atoms with E-state index in [9.17, 15) is 43.8 Å². The molecule has 0 heterocycles. The van der Waals surface area contributed by atoms with Crippen LogP contribution in [0, 0.1) is 0 Å². The van der Waals surface area contributed by atoms with Crippen LogP contribution in [0.3, 0.4) is 0 Å². The van der Waals surface area contributed by atoms with Crippen molar-refractivity contribution in [2.45, 2.75) is 12.5 Å². The van der Waals surface area contributed by atoms with E-state index in [4.69, 9.17) is 24.8 Å². The molecule has 198 valence electrons. The van der Waals surface area contributed by atoms with E-state index in [1.54, 1.807) is 0 Å². The number of carbonyl (C=O) groups is 7. The van der Waals surface area contributed by atoms with Crippen molar-refractivity contribution in [2.24, 2.45) is 0 Å². The molecule has 5 N–H and O–H groups in total. The van der Waals surface area contributed by atoms with Gasteiger partial charge in [-0.3, -0.25) is 0 Å². The summed E-state index contributed by atoms with van der Waals surface area (Å²) >= 11 is 0. The Morgan fingerprint density at radius 2 is 1.08 bits per heavy atom. The van der Waals surface area contributed by atoms with Gasteiger partial charge in [-0.05, 0) is 36.4 Å². The quantitative estimate of drug-likeness (QED) is 0.194. The van der Waals surface area contributed by atoms with Gasteiger partial charge in [0, 0.05) is 12.0 Å². The molecule has 1 atom stereocenters. The Labute approximate surface area is 212 Å². The topological polar surface area (TPSA) is 239 Å². The van der Waals surface area contributed by atoms with Gasteiger partial charge < -0.3 is 35.0 Å². The average Bonchev–Trinajstić information content (AvgIpc) is 2.85. The SMILES string of the molecule is C=C(CC(COC(=O)c1ccc(C(=O)O)c(C(=O)O)c1)OC(=O)c1ccc(C(=O)O)c(C(=O)O)c1)C(=O)O. The fourth-order valence-electron chi connectivity index (χ4n) is 3.04. The largest absolute Gasteiger partial charge is 0.478 e. The van der Waals surface area contributed by atoms with E-state index >= 15 is 0 Å². The monoisotopic (exact) mass is 530 g/mol. The Bertz CT molecular complexity index is 1370. The second-order valence-electron chi connectivity index (χ2n) is 7.48. The number of aromatic carboxylic acids is 4. The molecule has 38 heavy (non-hydrogen) atoms. The lowest BCUT2D eigenvalue weighted by Crippen LogP contribution is -2.27. The highest BCUT2D eigenvalue weighted by atomic mass is 16.6. The van der Waals surface area contributed by atoms with Gasteiger partial charge >= 0.3 is 41.8 Å². The molecule has 1 unspecified atom stereocenters. The third-order valence-corrected chi connectivity index (χ3v) is 4.88. The molecule has 2 aromatic carbocycles. The van der Waals surface area contributed by atoms with Crippen molar-refractivity contribution < 1.29 is 68.6 Å². The number of benzene rings is 2. The number of ether oxygens (including phenoxy) is 2. The van der Waals surface area contributed by atoms with Gasteiger partial charge in [0.2, 0.25) is 0 Å². The van der Waals surface area contributed by atoms with E-state index in [0.29, 0.717) is 0 Å². The first-order chi connectivity index (χ1) is 17.7. The first-order valence-electron chi connectivity index (χ1n) is 10.2. The normalized spacial score (nSPS) is 11.1. The zero-order valence-corrected chi connectivity index (χ0v) is 19.1. The number of aliphatic carboxylic acids is 1. The van der Waals surface area contributed by atoms with Crippen LogP contribution in [0.1, 0.15) is 68.6 Å². The van der Waals surface area contributed by atoms with E-state index in [1.165, 1.54) is 0 Å². The summed E-state index contributed by atoms with van der Waals surface area (Å²) in [5.41, 5.74) is -3.84. The van der Waals surface area contributed by atoms with Crippen molar-refractivity contribution in [2.75, 3.05) is 6.61 Å². The maximum atomic E-state index is 12.6. The zero-order chi connectivity index (χ0) is 28.7. The number of hydrogen-bond acceptors (Lipinski definition) is 9. The number of hydrogen-bond donors (Lipinski definition) is 5. The third-order valence-electron chi connectivity index (χ3n) is 4.88. The smallest absolute Gasteiger partial charge is 0.338 e. The van der Waals surface area contributed by atoms with Crippen LogP contribution in [0.2, 0.25) is 0 Å². The average molecular weight is 530 g/mol. The van der Waals surface area contributed by atoms with Crippen molar-refractivity contribution in [3.8, 4) is 0 Å². The van der Waals surface area contributed by atoms with Crippen LogP contribution in [-0.4, -0.2) is 80.0 Å². The summed E-state index contributed by atoms with van der Waals surface area (Å²) in [6.07, 6.45) is -2.02. The van der Waals surface area contributed by atoms with Gasteiger partial charge in [0.1, 0.15) is 12.7 Å². The maximum absolute atomic E-state index is 12.6. The predicted molar refractivity (Wildman–Crippen MR) is 122 cm³/mol. The molecule has 2 aromatic rings. The second kappa shape index (κ2) is 11.9. The molecular weight excluding hydrogens is 512 g/mol. The third kappa shape index (κ3) is 7.00. The number of carboxylic acid groups (broad SMARTS) is 5. The molecule has 0 saturated carbocycles. The summed E-state index contributed by atoms with van der Waals surface area (Å²) in [6, 6.07) is 5.16.